The molecule has 1 aromatic rings. The molecule has 0 aliphatic carbocycles. The second-order valence-corrected chi connectivity index (χ2v) is 11.4. The highest BCUT2D eigenvalue weighted by Crippen LogP contribution is 2.33. The van der Waals surface area contributed by atoms with Gasteiger partial charge in [0.2, 0.25) is 0 Å². The molecule has 0 radical (unpaired) electrons. The highest BCUT2D eigenvalue weighted by molar-refractivity contribution is 6.31. The number of nitro groups is 1. The van der Waals surface area contributed by atoms with Crippen LogP contribution >= 0.6 is 11.6 Å². The van der Waals surface area contributed by atoms with Crippen LogP contribution in [0.3, 0.4) is 0 Å². The minimum Gasteiger partial charge on any atom is -0.490 e. The number of piperidine rings is 1. The molecule has 2 amide bonds. The summed E-state index contributed by atoms with van der Waals surface area (Å²) in [6.07, 6.45) is 1.05. The summed E-state index contributed by atoms with van der Waals surface area (Å²) in [7, 11) is 1.36. The quantitative estimate of drug-likeness (QED) is 0.331. The van der Waals surface area contributed by atoms with Crippen molar-refractivity contribution in [3.05, 3.63) is 32.8 Å². The zero-order valence-electron chi connectivity index (χ0n) is 22.3. The summed E-state index contributed by atoms with van der Waals surface area (Å²) in [5, 5.41) is 11.5. The van der Waals surface area contributed by atoms with E-state index < -0.39 is 22.2 Å². The van der Waals surface area contributed by atoms with Gasteiger partial charge in [0.1, 0.15) is 11.2 Å². The van der Waals surface area contributed by atoms with E-state index >= 15 is 0 Å². The number of nitrogens with zero attached hydrogens (tertiary/aromatic N) is 3. The van der Waals surface area contributed by atoms with Crippen molar-refractivity contribution in [3.63, 3.8) is 0 Å². The predicted octanol–water partition coefficient (Wildman–Crippen LogP) is 5.68. The van der Waals surface area contributed by atoms with E-state index in [2.05, 4.69) is 0 Å². The Hall–Kier alpha value is -2.75. The maximum atomic E-state index is 13.0. The second-order valence-electron chi connectivity index (χ2n) is 11.0. The van der Waals surface area contributed by atoms with Crippen molar-refractivity contribution in [3.8, 4) is 5.75 Å². The van der Waals surface area contributed by atoms with Crippen molar-refractivity contribution in [1.82, 2.24) is 9.80 Å². The number of amides is 2. The Morgan fingerprint density at radius 3 is 2.19 bits per heavy atom. The maximum absolute atomic E-state index is 13.0. The van der Waals surface area contributed by atoms with Crippen molar-refractivity contribution in [2.45, 2.75) is 72.0 Å². The van der Waals surface area contributed by atoms with Crippen molar-refractivity contribution >= 4 is 29.5 Å². The molecular formula is C25H38ClN3O7. The molecule has 0 spiro atoms. The molecule has 0 saturated carbocycles. The van der Waals surface area contributed by atoms with Crippen molar-refractivity contribution < 1.29 is 28.7 Å². The highest BCUT2D eigenvalue weighted by Gasteiger charge is 2.30. The van der Waals surface area contributed by atoms with Gasteiger partial charge in [0.25, 0.3) is 0 Å². The first kappa shape index (κ1) is 29.5. The Morgan fingerprint density at radius 2 is 1.69 bits per heavy atom. The molecule has 0 bridgehead atoms. The van der Waals surface area contributed by atoms with Crippen LogP contribution in [-0.2, 0) is 15.9 Å². The standard InChI is InChI=1S/C25H38ClN3O7/c1-24(2,3)35-22(30)27-11-8-17(9-12-27)16-28(23(31)36-25(4,5)6)13-10-18-14-21(34-7)20(29(32)33)15-19(18)26/h14-15,17H,8-13,16H2,1-7H3. The van der Waals surface area contributed by atoms with Gasteiger partial charge in [-0.3, -0.25) is 10.1 Å². The second kappa shape index (κ2) is 12.0. The van der Waals surface area contributed by atoms with Crippen LogP contribution < -0.4 is 4.74 Å². The number of nitro benzene ring substituents is 1. The highest BCUT2D eigenvalue weighted by atomic mass is 35.5. The normalized spacial score (nSPS) is 14.8. The van der Waals surface area contributed by atoms with Crippen LogP contribution in [-0.4, -0.2) is 71.4 Å². The van der Waals surface area contributed by atoms with Gasteiger partial charge in [0.15, 0.2) is 5.75 Å². The average molecular weight is 528 g/mol. The molecular weight excluding hydrogens is 490 g/mol. The lowest BCUT2D eigenvalue weighted by Crippen LogP contribution is -2.45. The minimum absolute atomic E-state index is 0.109. The van der Waals surface area contributed by atoms with Crippen molar-refractivity contribution in [2.75, 3.05) is 33.3 Å². The first-order valence-electron chi connectivity index (χ1n) is 12.1. The molecule has 0 N–H and O–H groups in total. The Bertz CT molecular complexity index is 948. The van der Waals surface area contributed by atoms with Crippen LogP contribution in [0.15, 0.2) is 12.1 Å². The van der Waals surface area contributed by atoms with Gasteiger partial charge in [0, 0.05) is 32.2 Å². The van der Waals surface area contributed by atoms with E-state index in [-0.39, 0.29) is 28.5 Å². The molecule has 0 aromatic heterocycles. The van der Waals surface area contributed by atoms with Gasteiger partial charge in [-0.2, -0.15) is 0 Å². The van der Waals surface area contributed by atoms with E-state index in [1.165, 1.54) is 19.2 Å². The number of benzene rings is 1. The number of methoxy groups -OCH3 is 1. The fourth-order valence-corrected chi connectivity index (χ4v) is 4.11. The number of ether oxygens (including phenoxy) is 3. The molecule has 1 saturated heterocycles. The SMILES string of the molecule is COc1cc(CCN(CC2CCN(C(=O)OC(C)(C)C)CC2)C(=O)OC(C)(C)C)c(Cl)cc1[N+](=O)[O-]. The number of carbonyl (C=O) groups is 2. The summed E-state index contributed by atoms with van der Waals surface area (Å²) in [6.45, 7) is 12.8. The lowest BCUT2D eigenvalue weighted by atomic mass is 9.96. The Morgan fingerprint density at radius 1 is 1.11 bits per heavy atom. The van der Waals surface area contributed by atoms with Gasteiger partial charge in [-0.15, -0.1) is 0 Å². The summed E-state index contributed by atoms with van der Waals surface area (Å²) in [5.74, 6) is 0.288. The average Bonchev–Trinajstić information content (AvgIpc) is 2.75. The zero-order valence-corrected chi connectivity index (χ0v) is 23.0. The molecule has 1 fully saturated rings. The summed E-state index contributed by atoms with van der Waals surface area (Å²) in [6, 6.07) is 2.80. The van der Waals surface area contributed by atoms with Crippen LogP contribution in [0.5, 0.6) is 5.75 Å². The molecule has 0 unspecified atom stereocenters. The van der Waals surface area contributed by atoms with Gasteiger partial charge in [-0.1, -0.05) is 11.6 Å². The van der Waals surface area contributed by atoms with E-state index in [0.717, 1.165) is 12.8 Å². The van der Waals surface area contributed by atoms with E-state index in [4.69, 9.17) is 25.8 Å². The molecule has 1 aliphatic rings. The summed E-state index contributed by atoms with van der Waals surface area (Å²) < 4.78 is 16.2. The third kappa shape index (κ3) is 9.04. The monoisotopic (exact) mass is 527 g/mol. The van der Waals surface area contributed by atoms with Crippen LogP contribution in [0, 0.1) is 16.0 Å². The smallest absolute Gasteiger partial charge is 0.410 e. The molecule has 1 aromatic carbocycles. The van der Waals surface area contributed by atoms with Crippen LogP contribution in [0.1, 0.15) is 59.9 Å². The van der Waals surface area contributed by atoms with Crippen molar-refractivity contribution in [1.29, 1.82) is 0 Å². The van der Waals surface area contributed by atoms with Gasteiger partial charge < -0.3 is 24.0 Å². The molecule has 1 aliphatic heterocycles. The van der Waals surface area contributed by atoms with E-state index in [1.807, 2.05) is 20.8 Å². The van der Waals surface area contributed by atoms with Crippen LogP contribution in [0.25, 0.3) is 0 Å². The molecule has 202 valence electrons. The summed E-state index contributed by atoms with van der Waals surface area (Å²) in [4.78, 5) is 39.4. The summed E-state index contributed by atoms with van der Waals surface area (Å²) in [5.41, 5.74) is -0.799. The lowest BCUT2D eigenvalue weighted by molar-refractivity contribution is -0.385. The fourth-order valence-electron chi connectivity index (χ4n) is 3.86. The first-order valence-corrected chi connectivity index (χ1v) is 12.4. The predicted molar refractivity (Wildman–Crippen MR) is 137 cm³/mol. The number of rotatable bonds is 7. The van der Waals surface area contributed by atoms with Gasteiger partial charge in [-0.25, -0.2) is 9.59 Å². The van der Waals surface area contributed by atoms with E-state index in [1.54, 1.807) is 30.6 Å². The number of hydrogen-bond acceptors (Lipinski definition) is 7. The maximum Gasteiger partial charge on any atom is 0.410 e. The Balaban J connectivity index is 2.10. The fraction of sp³-hybridized carbons (Fsp3) is 0.680. The summed E-state index contributed by atoms with van der Waals surface area (Å²) >= 11 is 6.31. The van der Waals surface area contributed by atoms with Gasteiger partial charge in [0.05, 0.1) is 17.1 Å². The molecule has 0 atom stereocenters. The molecule has 1 heterocycles. The molecule has 10 nitrogen and oxygen atoms in total. The number of halogens is 1. The Labute approximate surface area is 217 Å². The van der Waals surface area contributed by atoms with Crippen LogP contribution in [0.4, 0.5) is 15.3 Å². The lowest BCUT2D eigenvalue weighted by Gasteiger charge is -2.36. The van der Waals surface area contributed by atoms with E-state index in [9.17, 15) is 19.7 Å². The zero-order chi connectivity index (χ0) is 27.3. The molecule has 11 heteroatoms. The minimum atomic E-state index is -0.663. The Kier molecular flexibility index (Phi) is 9.82. The third-order valence-electron chi connectivity index (χ3n) is 5.59. The van der Waals surface area contributed by atoms with Crippen LogP contribution in [0.2, 0.25) is 5.02 Å². The topological polar surface area (TPSA) is 111 Å². The molecule has 36 heavy (non-hydrogen) atoms. The number of hydrogen-bond donors (Lipinski definition) is 0. The van der Waals surface area contributed by atoms with Gasteiger partial charge >= 0.3 is 17.9 Å². The third-order valence-corrected chi connectivity index (χ3v) is 5.94. The largest absolute Gasteiger partial charge is 0.490 e. The molecule has 2 rings (SSSR count). The number of likely N-dealkylation sites (tertiary alicyclic amines) is 1. The van der Waals surface area contributed by atoms with Gasteiger partial charge in [-0.05, 0) is 78.4 Å². The first-order chi connectivity index (χ1) is 16.6. The van der Waals surface area contributed by atoms with E-state index in [0.29, 0.717) is 38.2 Å². The number of carbonyl (C=O) groups excluding carboxylic acids is 2. The van der Waals surface area contributed by atoms with Crippen molar-refractivity contribution in [2.24, 2.45) is 5.92 Å².